The second-order valence-corrected chi connectivity index (χ2v) is 8.74. The highest BCUT2D eigenvalue weighted by Gasteiger charge is 2.27. The number of carbonyl (C=O) groups excluding carboxylic acids is 1. The molecule has 2 heterocycles. The molecular weight excluding hydrogens is 383 g/mol. The molecular formula is C19H23FN4O3S. The molecule has 0 radical (unpaired) electrons. The minimum atomic E-state index is -3.76. The van der Waals surface area contributed by atoms with E-state index in [0.717, 1.165) is 4.31 Å². The van der Waals surface area contributed by atoms with Gasteiger partial charge in [0.15, 0.2) is 0 Å². The van der Waals surface area contributed by atoms with Crippen LogP contribution in [0.15, 0.2) is 53.7 Å². The fraction of sp³-hybridized carbons (Fsp3) is 0.368. The number of nitrogens with zero attached hydrogens (tertiary/aromatic N) is 4. The number of carbonyl (C=O) groups is 1. The predicted octanol–water partition coefficient (Wildman–Crippen LogP) is 1.19. The number of rotatable bonds is 6. The van der Waals surface area contributed by atoms with Crippen molar-refractivity contribution in [2.75, 3.05) is 39.8 Å². The molecule has 1 amide bonds. The van der Waals surface area contributed by atoms with Crippen LogP contribution in [-0.4, -0.2) is 73.2 Å². The number of amides is 1. The van der Waals surface area contributed by atoms with Gasteiger partial charge in [-0.1, -0.05) is 18.2 Å². The summed E-state index contributed by atoms with van der Waals surface area (Å²) in [5, 5.41) is 0. The summed E-state index contributed by atoms with van der Waals surface area (Å²) in [5.74, 6) is -0.483. The van der Waals surface area contributed by atoms with Crippen LogP contribution in [0.1, 0.15) is 5.56 Å². The van der Waals surface area contributed by atoms with E-state index in [2.05, 4.69) is 9.88 Å². The SMILES string of the molecule is CN(CC(=O)N1CCN(Cc2ccccc2F)CC1)S(=O)(=O)c1cccnc1. The molecule has 0 unspecified atom stereocenters. The number of pyridine rings is 1. The molecule has 1 saturated heterocycles. The molecule has 0 saturated carbocycles. The summed E-state index contributed by atoms with van der Waals surface area (Å²) in [4.78, 5) is 20.1. The van der Waals surface area contributed by atoms with Crippen LogP contribution in [0.5, 0.6) is 0 Å². The van der Waals surface area contributed by atoms with Crippen LogP contribution in [-0.2, 0) is 21.4 Å². The molecule has 9 heteroatoms. The zero-order valence-electron chi connectivity index (χ0n) is 15.7. The van der Waals surface area contributed by atoms with E-state index in [1.807, 2.05) is 0 Å². The van der Waals surface area contributed by atoms with E-state index in [1.165, 1.54) is 37.6 Å². The molecule has 1 aromatic heterocycles. The van der Waals surface area contributed by atoms with Gasteiger partial charge in [0, 0.05) is 57.7 Å². The Morgan fingerprint density at radius 3 is 2.50 bits per heavy atom. The number of hydrogen-bond donors (Lipinski definition) is 0. The quantitative estimate of drug-likeness (QED) is 0.720. The van der Waals surface area contributed by atoms with E-state index in [9.17, 15) is 17.6 Å². The first-order valence-corrected chi connectivity index (χ1v) is 10.4. The summed E-state index contributed by atoms with van der Waals surface area (Å²) in [6.45, 7) is 2.44. The second-order valence-electron chi connectivity index (χ2n) is 6.70. The van der Waals surface area contributed by atoms with Crippen LogP contribution in [0.4, 0.5) is 4.39 Å². The topological polar surface area (TPSA) is 73.8 Å². The van der Waals surface area contributed by atoms with Gasteiger partial charge in [0.2, 0.25) is 15.9 Å². The molecule has 1 aromatic carbocycles. The van der Waals surface area contributed by atoms with Crippen molar-refractivity contribution in [1.29, 1.82) is 0 Å². The number of sulfonamides is 1. The lowest BCUT2D eigenvalue weighted by atomic mass is 10.2. The first-order chi connectivity index (χ1) is 13.4. The molecule has 0 atom stereocenters. The molecule has 1 fully saturated rings. The van der Waals surface area contributed by atoms with Gasteiger partial charge in [-0.05, 0) is 18.2 Å². The minimum absolute atomic E-state index is 0.0556. The van der Waals surface area contributed by atoms with Crippen molar-refractivity contribution in [3.63, 3.8) is 0 Å². The van der Waals surface area contributed by atoms with E-state index in [0.29, 0.717) is 38.3 Å². The van der Waals surface area contributed by atoms with Crippen molar-refractivity contribution in [2.45, 2.75) is 11.4 Å². The summed E-state index contributed by atoms with van der Waals surface area (Å²) in [6, 6.07) is 9.64. The number of halogens is 1. The number of piperazine rings is 1. The monoisotopic (exact) mass is 406 g/mol. The van der Waals surface area contributed by atoms with Gasteiger partial charge in [0.1, 0.15) is 10.7 Å². The van der Waals surface area contributed by atoms with E-state index >= 15 is 0 Å². The predicted molar refractivity (Wildman–Crippen MR) is 102 cm³/mol. The highest BCUT2D eigenvalue weighted by atomic mass is 32.2. The Kier molecular flexibility index (Phi) is 6.38. The number of benzene rings is 1. The summed E-state index contributed by atoms with van der Waals surface area (Å²) in [7, 11) is -2.37. The van der Waals surface area contributed by atoms with Gasteiger partial charge < -0.3 is 4.90 Å². The molecule has 3 rings (SSSR count). The van der Waals surface area contributed by atoms with Crippen molar-refractivity contribution in [3.05, 3.63) is 60.2 Å². The Hall–Kier alpha value is -2.36. The third-order valence-electron chi connectivity index (χ3n) is 4.78. The molecule has 2 aromatic rings. The van der Waals surface area contributed by atoms with Crippen LogP contribution in [0.25, 0.3) is 0 Å². The molecule has 0 spiro atoms. The highest BCUT2D eigenvalue weighted by Crippen LogP contribution is 2.14. The smallest absolute Gasteiger partial charge is 0.244 e. The summed E-state index contributed by atoms with van der Waals surface area (Å²) in [6.07, 6.45) is 2.75. The molecule has 0 aliphatic carbocycles. The maximum atomic E-state index is 13.8. The van der Waals surface area contributed by atoms with Crippen molar-refractivity contribution in [2.24, 2.45) is 0 Å². The zero-order valence-corrected chi connectivity index (χ0v) is 16.5. The van der Waals surface area contributed by atoms with E-state index in [-0.39, 0.29) is 23.2 Å². The third kappa shape index (κ3) is 4.73. The van der Waals surface area contributed by atoms with Crippen LogP contribution >= 0.6 is 0 Å². The summed E-state index contributed by atoms with van der Waals surface area (Å²) >= 11 is 0. The van der Waals surface area contributed by atoms with Gasteiger partial charge in [-0.3, -0.25) is 14.7 Å². The zero-order chi connectivity index (χ0) is 20.1. The van der Waals surface area contributed by atoms with Crippen LogP contribution in [0, 0.1) is 5.82 Å². The Morgan fingerprint density at radius 1 is 1.14 bits per heavy atom. The van der Waals surface area contributed by atoms with Crippen LogP contribution in [0.2, 0.25) is 0 Å². The van der Waals surface area contributed by atoms with Crippen LogP contribution < -0.4 is 0 Å². The third-order valence-corrected chi connectivity index (χ3v) is 6.56. The number of hydrogen-bond acceptors (Lipinski definition) is 5. The maximum Gasteiger partial charge on any atom is 0.244 e. The average molecular weight is 406 g/mol. The number of likely N-dealkylation sites (N-methyl/N-ethyl adjacent to an activating group) is 1. The van der Waals surface area contributed by atoms with E-state index in [1.54, 1.807) is 23.1 Å². The molecule has 7 nitrogen and oxygen atoms in total. The van der Waals surface area contributed by atoms with Crippen molar-refractivity contribution in [1.82, 2.24) is 19.1 Å². The Balaban J connectivity index is 1.53. The Morgan fingerprint density at radius 2 is 1.86 bits per heavy atom. The standard InChI is InChI=1S/C19H23FN4O3S/c1-22(28(26,27)17-6-4-8-21-13-17)15-19(25)24-11-9-23(10-12-24)14-16-5-2-3-7-18(16)20/h2-8,13H,9-12,14-15H2,1H3. The number of aromatic nitrogens is 1. The lowest BCUT2D eigenvalue weighted by molar-refractivity contribution is -0.133. The first kappa shape index (κ1) is 20.4. The van der Waals surface area contributed by atoms with Gasteiger partial charge in [-0.25, -0.2) is 12.8 Å². The normalized spacial score (nSPS) is 15.8. The van der Waals surface area contributed by atoms with E-state index in [4.69, 9.17) is 0 Å². The molecule has 28 heavy (non-hydrogen) atoms. The van der Waals surface area contributed by atoms with Gasteiger partial charge in [0.05, 0.1) is 6.54 Å². The Bertz CT molecular complexity index is 916. The molecule has 0 N–H and O–H groups in total. The average Bonchev–Trinajstić information content (AvgIpc) is 2.71. The maximum absolute atomic E-state index is 13.8. The minimum Gasteiger partial charge on any atom is -0.339 e. The van der Waals surface area contributed by atoms with Gasteiger partial charge in [-0.15, -0.1) is 0 Å². The largest absolute Gasteiger partial charge is 0.339 e. The van der Waals surface area contributed by atoms with Gasteiger partial charge in [-0.2, -0.15) is 4.31 Å². The molecule has 1 aliphatic heterocycles. The lowest BCUT2D eigenvalue weighted by Gasteiger charge is -2.35. The fourth-order valence-corrected chi connectivity index (χ4v) is 4.16. The van der Waals surface area contributed by atoms with Gasteiger partial charge >= 0.3 is 0 Å². The second kappa shape index (κ2) is 8.76. The highest BCUT2D eigenvalue weighted by molar-refractivity contribution is 7.89. The first-order valence-electron chi connectivity index (χ1n) is 8.98. The molecule has 1 aliphatic rings. The van der Waals surface area contributed by atoms with Crippen LogP contribution in [0.3, 0.4) is 0 Å². The van der Waals surface area contributed by atoms with Crippen molar-refractivity contribution in [3.8, 4) is 0 Å². The lowest BCUT2D eigenvalue weighted by Crippen LogP contribution is -2.51. The fourth-order valence-electron chi connectivity index (χ4n) is 3.08. The van der Waals surface area contributed by atoms with Crippen molar-refractivity contribution >= 4 is 15.9 Å². The summed E-state index contributed by atoms with van der Waals surface area (Å²) in [5.41, 5.74) is 0.629. The van der Waals surface area contributed by atoms with Gasteiger partial charge in [0.25, 0.3) is 0 Å². The van der Waals surface area contributed by atoms with Crippen molar-refractivity contribution < 1.29 is 17.6 Å². The molecule has 150 valence electrons. The summed E-state index contributed by atoms with van der Waals surface area (Å²) < 4.78 is 39.8. The molecule has 0 bridgehead atoms. The van der Waals surface area contributed by atoms with E-state index < -0.39 is 10.0 Å². The Labute approximate surface area is 164 Å².